The van der Waals surface area contributed by atoms with Crippen molar-refractivity contribution < 1.29 is 4.79 Å². The van der Waals surface area contributed by atoms with Gasteiger partial charge in [-0.1, -0.05) is 11.6 Å². The molecule has 0 N–H and O–H groups in total. The molecule has 1 rings (SSSR count). The normalized spacial score (nSPS) is 9.59. The van der Waals surface area contributed by atoms with Crippen LogP contribution in [-0.4, -0.2) is 38.5 Å². The Labute approximate surface area is 106 Å². The summed E-state index contributed by atoms with van der Waals surface area (Å²) in [5.41, 5.74) is 1.24. The fourth-order valence-electron chi connectivity index (χ4n) is 1.27. The van der Waals surface area contributed by atoms with Gasteiger partial charge in [0.15, 0.2) is 0 Å². The van der Waals surface area contributed by atoms with Gasteiger partial charge >= 0.3 is 0 Å². The van der Waals surface area contributed by atoms with E-state index in [0.29, 0.717) is 10.6 Å². The standard InChI is InChI=1S/C12H14ClN3O/c1-15(2)12(17)8-16(3)10-5-4-9(7-14)11(13)6-10/h4-6H,8H2,1-3H3. The van der Waals surface area contributed by atoms with Crippen LogP contribution >= 0.6 is 11.6 Å². The van der Waals surface area contributed by atoms with Gasteiger partial charge in [0.05, 0.1) is 17.1 Å². The highest BCUT2D eigenvalue weighted by atomic mass is 35.5. The molecule has 0 saturated heterocycles. The number of nitriles is 1. The maximum Gasteiger partial charge on any atom is 0.241 e. The second-order valence-corrected chi connectivity index (χ2v) is 4.33. The Balaban J connectivity index is 2.84. The molecule has 1 amide bonds. The van der Waals surface area contributed by atoms with E-state index in [1.807, 2.05) is 6.07 Å². The number of carbonyl (C=O) groups excluding carboxylic acids is 1. The van der Waals surface area contributed by atoms with Gasteiger partial charge in [-0.3, -0.25) is 4.79 Å². The Morgan fingerprint density at radius 3 is 2.53 bits per heavy atom. The van der Waals surface area contributed by atoms with Crippen LogP contribution in [0.15, 0.2) is 18.2 Å². The van der Waals surface area contributed by atoms with Crippen LogP contribution in [0.4, 0.5) is 5.69 Å². The van der Waals surface area contributed by atoms with Crippen LogP contribution in [0.5, 0.6) is 0 Å². The van der Waals surface area contributed by atoms with E-state index >= 15 is 0 Å². The van der Waals surface area contributed by atoms with E-state index in [9.17, 15) is 4.79 Å². The third kappa shape index (κ3) is 3.36. The lowest BCUT2D eigenvalue weighted by Crippen LogP contribution is -2.34. The summed E-state index contributed by atoms with van der Waals surface area (Å²) in [5, 5.41) is 9.15. The Morgan fingerprint density at radius 2 is 2.06 bits per heavy atom. The largest absolute Gasteiger partial charge is 0.365 e. The summed E-state index contributed by atoms with van der Waals surface area (Å²) in [6.45, 7) is 0.273. The number of likely N-dealkylation sites (N-methyl/N-ethyl adjacent to an activating group) is 2. The van der Waals surface area contributed by atoms with Gasteiger partial charge in [-0.25, -0.2) is 0 Å². The first-order chi connectivity index (χ1) is 7.95. The number of anilines is 1. The van der Waals surface area contributed by atoms with Gasteiger partial charge in [0.25, 0.3) is 0 Å². The first-order valence-corrected chi connectivity index (χ1v) is 5.44. The molecule has 5 heteroatoms. The molecule has 0 fully saturated rings. The lowest BCUT2D eigenvalue weighted by Gasteiger charge is -2.21. The maximum absolute atomic E-state index is 11.5. The molecule has 0 aromatic heterocycles. The molecule has 1 aromatic carbocycles. The van der Waals surface area contributed by atoms with Gasteiger partial charge in [-0.05, 0) is 18.2 Å². The molecule has 0 heterocycles. The van der Waals surface area contributed by atoms with Crippen LogP contribution in [0.25, 0.3) is 0 Å². The van der Waals surface area contributed by atoms with Crippen LogP contribution in [0.3, 0.4) is 0 Å². The lowest BCUT2D eigenvalue weighted by atomic mass is 10.2. The summed E-state index contributed by atoms with van der Waals surface area (Å²) in [6.07, 6.45) is 0. The van der Waals surface area contributed by atoms with Gasteiger partial charge < -0.3 is 9.80 Å². The van der Waals surface area contributed by atoms with Crippen molar-refractivity contribution in [1.29, 1.82) is 5.26 Å². The van der Waals surface area contributed by atoms with Gasteiger partial charge in [0.2, 0.25) is 5.91 Å². The number of nitrogens with zero attached hydrogens (tertiary/aromatic N) is 3. The minimum Gasteiger partial charge on any atom is -0.365 e. The molecular weight excluding hydrogens is 238 g/mol. The molecule has 0 unspecified atom stereocenters. The summed E-state index contributed by atoms with van der Waals surface area (Å²) in [7, 11) is 5.23. The molecule has 0 aliphatic carbocycles. The Kier molecular flexibility index (Phi) is 4.36. The van der Waals surface area contributed by atoms with Crippen molar-refractivity contribution in [3.8, 4) is 6.07 Å². The number of hydrogen-bond acceptors (Lipinski definition) is 3. The summed E-state index contributed by atoms with van der Waals surface area (Å²) >= 11 is 5.93. The van der Waals surface area contributed by atoms with Crippen molar-refractivity contribution >= 4 is 23.2 Å². The molecule has 0 aliphatic rings. The van der Waals surface area contributed by atoms with E-state index in [4.69, 9.17) is 16.9 Å². The van der Waals surface area contributed by atoms with Crippen LogP contribution in [0.1, 0.15) is 5.56 Å². The number of benzene rings is 1. The smallest absolute Gasteiger partial charge is 0.241 e. The molecule has 0 aliphatic heterocycles. The SMILES string of the molecule is CN(C)C(=O)CN(C)c1ccc(C#N)c(Cl)c1. The quantitative estimate of drug-likeness (QED) is 0.822. The topological polar surface area (TPSA) is 47.3 Å². The van der Waals surface area contributed by atoms with Gasteiger partial charge in [0, 0.05) is 26.8 Å². The predicted molar refractivity (Wildman–Crippen MR) is 68.1 cm³/mol. The highest BCUT2D eigenvalue weighted by Crippen LogP contribution is 2.22. The molecule has 4 nitrogen and oxygen atoms in total. The van der Waals surface area contributed by atoms with Crippen LogP contribution in [0.2, 0.25) is 5.02 Å². The number of halogens is 1. The zero-order valence-electron chi connectivity index (χ0n) is 10.1. The number of hydrogen-bond donors (Lipinski definition) is 0. The zero-order valence-corrected chi connectivity index (χ0v) is 10.8. The van der Waals surface area contributed by atoms with Gasteiger partial charge in [-0.15, -0.1) is 0 Å². The third-order valence-corrected chi connectivity index (χ3v) is 2.70. The fraction of sp³-hybridized carbons (Fsp3) is 0.333. The van der Waals surface area contributed by atoms with Gasteiger partial charge in [0.1, 0.15) is 6.07 Å². The number of amides is 1. The zero-order chi connectivity index (χ0) is 13.0. The Hall–Kier alpha value is -1.73. The summed E-state index contributed by atoms with van der Waals surface area (Å²) in [5.74, 6) is 0.00739. The first kappa shape index (κ1) is 13.3. The highest BCUT2D eigenvalue weighted by Gasteiger charge is 2.10. The predicted octanol–water partition coefficient (Wildman–Crippen LogP) is 1.74. The minimum atomic E-state index is 0.00739. The van der Waals surface area contributed by atoms with Crippen molar-refractivity contribution in [1.82, 2.24) is 4.90 Å². The van der Waals surface area contributed by atoms with E-state index in [1.54, 1.807) is 44.2 Å². The molecule has 0 saturated carbocycles. The Morgan fingerprint density at radius 1 is 1.41 bits per heavy atom. The molecule has 0 radical (unpaired) electrons. The maximum atomic E-state index is 11.5. The molecular formula is C12H14ClN3O. The second kappa shape index (κ2) is 5.55. The van der Waals surface area contributed by atoms with Crippen molar-refractivity contribution in [2.75, 3.05) is 32.6 Å². The van der Waals surface area contributed by atoms with E-state index in [0.717, 1.165) is 5.69 Å². The molecule has 0 spiro atoms. The van der Waals surface area contributed by atoms with Crippen LogP contribution in [0, 0.1) is 11.3 Å². The average molecular weight is 252 g/mol. The van der Waals surface area contributed by atoms with E-state index in [-0.39, 0.29) is 12.5 Å². The van der Waals surface area contributed by atoms with Crippen LogP contribution < -0.4 is 4.90 Å². The molecule has 0 bridgehead atoms. The minimum absolute atomic E-state index is 0.00739. The van der Waals surface area contributed by atoms with Crippen molar-refractivity contribution in [3.05, 3.63) is 28.8 Å². The molecule has 1 aromatic rings. The summed E-state index contributed by atoms with van der Waals surface area (Å²) in [6, 6.07) is 7.10. The average Bonchev–Trinajstić information content (AvgIpc) is 2.28. The van der Waals surface area contributed by atoms with Gasteiger partial charge in [-0.2, -0.15) is 5.26 Å². The first-order valence-electron chi connectivity index (χ1n) is 5.06. The van der Waals surface area contributed by atoms with E-state index < -0.39 is 0 Å². The molecule has 90 valence electrons. The van der Waals surface area contributed by atoms with Crippen molar-refractivity contribution in [3.63, 3.8) is 0 Å². The lowest BCUT2D eigenvalue weighted by molar-refractivity contribution is -0.127. The Bertz CT molecular complexity index is 465. The summed E-state index contributed by atoms with van der Waals surface area (Å²) in [4.78, 5) is 14.9. The van der Waals surface area contributed by atoms with E-state index in [1.165, 1.54) is 4.90 Å². The number of rotatable bonds is 3. The summed E-state index contributed by atoms with van der Waals surface area (Å²) < 4.78 is 0. The monoisotopic (exact) mass is 251 g/mol. The van der Waals surface area contributed by atoms with Crippen LogP contribution in [-0.2, 0) is 4.79 Å². The van der Waals surface area contributed by atoms with Crippen molar-refractivity contribution in [2.45, 2.75) is 0 Å². The molecule has 17 heavy (non-hydrogen) atoms. The van der Waals surface area contributed by atoms with Crippen molar-refractivity contribution in [2.24, 2.45) is 0 Å². The second-order valence-electron chi connectivity index (χ2n) is 3.92. The molecule has 0 atom stereocenters. The number of carbonyl (C=O) groups is 1. The third-order valence-electron chi connectivity index (χ3n) is 2.39. The fourth-order valence-corrected chi connectivity index (χ4v) is 1.48. The van der Waals surface area contributed by atoms with E-state index in [2.05, 4.69) is 0 Å². The highest BCUT2D eigenvalue weighted by molar-refractivity contribution is 6.32.